The Morgan fingerprint density at radius 3 is 2.46 bits per heavy atom. The van der Waals surface area contributed by atoms with Crippen molar-refractivity contribution in [3.05, 3.63) is 56.2 Å². The summed E-state index contributed by atoms with van der Waals surface area (Å²) in [6.07, 6.45) is 0.721. The Kier molecular flexibility index (Phi) is 5.89. The van der Waals surface area contributed by atoms with Gasteiger partial charge in [-0.25, -0.2) is 10.9 Å². The van der Waals surface area contributed by atoms with Gasteiger partial charge in [0.2, 0.25) is 5.91 Å². The van der Waals surface area contributed by atoms with E-state index in [2.05, 4.69) is 16.9 Å². The zero-order valence-electron chi connectivity index (χ0n) is 15.0. The highest BCUT2D eigenvalue weighted by Gasteiger charge is 2.35. The summed E-state index contributed by atoms with van der Waals surface area (Å²) in [6.45, 7) is 1.99. The first-order valence-electron chi connectivity index (χ1n) is 9.10. The van der Waals surface area contributed by atoms with Gasteiger partial charge < -0.3 is 9.80 Å². The topological polar surface area (TPSA) is 64.7 Å². The van der Waals surface area contributed by atoms with Gasteiger partial charge in [0.15, 0.2) is 0 Å². The summed E-state index contributed by atoms with van der Waals surface area (Å²) in [4.78, 5) is 30.3. The third kappa shape index (κ3) is 4.04. The number of nitrogens with one attached hydrogen (secondary N) is 2. The number of halogens is 2. The van der Waals surface area contributed by atoms with Gasteiger partial charge in [-0.2, -0.15) is 0 Å². The van der Waals surface area contributed by atoms with Gasteiger partial charge in [0.05, 0.1) is 16.6 Å². The molecule has 2 unspecified atom stereocenters. The maximum Gasteiger partial charge on any atom is 0.255 e. The average Bonchev–Trinajstić information content (AvgIpc) is 3.39. The predicted molar refractivity (Wildman–Crippen MR) is 111 cm³/mol. The van der Waals surface area contributed by atoms with Gasteiger partial charge in [-0.05, 0) is 36.1 Å². The van der Waals surface area contributed by atoms with Crippen molar-refractivity contribution in [2.24, 2.45) is 0 Å². The summed E-state index contributed by atoms with van der Waals surface area (Å²) in [7, 11) is 0. The first-order valence-corrected chi connectivity index (χ1v) is 10.7. The van der Waals surface area contributed by atoms with E-state index >= 15 is 0 Å². The summed E-state index contributed by atoms with van der Waals surface area (Å²) in [6, 6.07) is 8.86. The molecule has 2 aliphatic heterocycles. The summed E-state index contributed by atoms with van der Waals surface area (Å²) in [5.41, 5.74) is 6.77. The van der Waals surface area contributed by atoms with Crippen molar-refractivity contribution < 1.29 is 9.59 Å². The number of piperazine rings is 1. The van der Waals surface area contributed by atoms with Crippen LogP contribution in [0.4, 0.5) is 0 Å². The van der Waals surface area contributed by atoms with Crippen LogP contribution in [0.3, 0.4) is 0 Å². The average molecular weight is 439 g/mol. The molecule has 3 heterocycles. The zero-order chi connectivity index (χ0) is 19.7. The molecule has 9 heteroatoms. The van der Waals surface area contributed by atoms with E-state index in [1.54, 1.807) is 34.4 Å². The molecular formula is C19H20Cl2N4O2S. The van der Waals surface area contributed by atoms with Crippen molar-refractivity contribution in [1.29, 1.82) is 0 Å². The molecule has 0 radical (unpaired) electrons. The van der Waals surface area contributed by atoms with Crippen LogP contribution in [0, 0.1) is 0 Å². The second kappa shape index (κ2) is 8.39. The van der Waals surface area contributed by atoms with Gasteiger partial charge in [0.1, 0.15) is 6.04 Å². The molecule has 0 aliphatic carbocycles. The number of nitrogens with zero attached hydrogens (tertiary/aromatic N) is 2. The van der Waals surface area contributed by atoms with Crippen LogP contribution in [0.1, 0.15) is 27.7 Å². The molecule has 6 nitrogen and oxygen atoms in total. The Labute approximate surface area is 177 Å². The van der Waals surface area contributed by atoms with Crippen LogP contribution < -0.4 is 10.9 Å². The number of hydrazine groups is 1. The molecule has 2 aliphatic rings. The van der Waals surface area contributed by atoms with E-state index in [4.69, 9.17) is 23.2 Å². The van der Waals surface area contributed by atoms with E-state index in [9.17, 15) is 9.59 Å². The fourth-order valence-electron chi connectivity index (χ4n) is 3.58. The molecule has 2 atom stereocenters. The van der Waals surface area contributed by atoms with E-state index < -0.39 is 0 Å². The first kappa shape index (κ1) is 19.7. The van der Waals surface area contributed by atoms with Gasteiger partial charge in [0, 0.05) is 36.1 Å². The molecule has 0 bridgehead atoms. The third-order valence-electron chi connectivity index (χ3n) is 5.13. The molecule has 2 fully saturated rings. The Morgan fingerprint density at radius 1 is 1.04 bits per heavy atom. The van der Waals surface area contributed by atoms with Crippen LogP contribution in [0.15, 0.2) is 35.7 Å². The molecule has 28 heavy (non-hydrogen) atoms. The molecule has 0 spiro atoms. The number of hydrogen-bond acceptors (Lipinski definition) is 5. The maximum absolute atomic E-state index is 12.8. The monoisotopic (exact) mass is 438 g/mol. The predicted octanol–water partition coefficient (Wildman–Crippen LogP) is 2.95. The van der Waals surface area contributed by atoms with E-state index in [-0.39, 0.29) is 23.9 Å². The van der Waals surface area contributed by atoms with Crippen LogP contribution in [-0.4, -0.2) is 53.8 Å². The quantitative estimate of drug-likeness (QED) is 0.772. The van der Waals surface area contributed by atoms with Crippen molar-refractivity contribution in [2.45, 2.75) is 18.5 Å². The smallest absolute Gasteiger partial charge is 0.255 e. The highest BCUT2D eigenvalue weighted by Crippen LogP contribution is 2.27. The number of carbonyl (C=O) groups is 2. The van der Waals surface area contributed by atoms with E-state index in [1.807, 2.05) is 16.3 Å². The first-order chi connectivity index (χ1) is 13.5. The largest absolute Gasteiger partial charge is 0.338 e. The minimum Gasteiger partial charge on any atom is -0.338 e. The van der Waals surface area contributed by atoms with Gasteiger partial charge >= 0.3 is 0 Å². The van der Waals surface area contributed by atoms with Crippen LogP contribution >= 0.6 is 34.5 Å². The minimum atomic E-state index is -0.250. The summed E-state index contributed by atoms with van der Waals surface area (Å²) in [5.74, 6) is -0.0598. The van der Waals surface area contributed by atoms with Gasteiger partial charge in [-0.1, -0.05) is 29.3 Å². The Balaban J connectivity index is 1.32. The number of thiophene rings is 1. The van der Waals surface area contributed by atoms with Gasteiger partial charge in [0.25, 0.3) is 5.91 Å². The second-order valence-electron chi connectivity index (χ2n) is 6.89. The number of benzene rings is 1. The molecule has 2 aromatic rings. The Hall–Kier alpha value is -1.64. The van der Waals surface area contributed by atoms with Crippen LogP contribution in [0.2, 0.25) is 10.0 Å². The SMILES string of the molecule is O=C(c1ccc(Cl)cc1Cl)N1CCN(C(=O)C2CC(c3cccs3)NN2)CC1. The fourth-order valence-corrected chi connectivity index (χ4v) is 4.86. The lowest BCUT2D eigenvalue weighted by Crippen LogP contribution is -2.54. The van der Waals surface area contributed by atoms with Gasteiger partial charge in [-0.3, -0.25) is 9.59 Å². The molecule has 4 rings (SSSR count). The van der Waals surface area contributed by atoms with Gasteiger partial charge in [-0.15, -0.1) is 11.3 Å². The molecule has 1 aromatic heterocycles. The van der Waals surface area contributed by atoms with Crippen LogP contribution in [0.25, 0.3) is 0 Å². The molecule has 2 amide bonds. The fraction of sp³-hybridized carbons (Fsp3) is 0.368. The highest BCUT2D eigenvalue weighted by molar-refractivity contribution is 7.10. The van der Waals surface area contributed by atoms with Crippen LogP contribution in [-0.2, 0) is 4.79 Å². The normalized spacial score (nSPS) is 22.5. The second-order valence-corrected chi connectivity index (χ2v) is 8.71. The number of hydrogen-bond donors (Lipinski definition) is 2. The highest BCUT2D eigenvalue weighted by atomic mass is 35.5. The van der Waals surface area contributed by atoms with Crippen molar-refractivity contribution in [2.75, 3.05) is 26.2 Å². The van der Waals surface area contributed by atoms with Crippen molar-refractivity contribution in [1.82, 2.24) is 20.7 Å². The molecule has 2 saturated heterocycles. The number of amides is 2. The van der Waals surface area contributed by atoms with Crippen molar-refractivity contribution >= 4 is 46.4 Å². The molecule has 148 valence electrons. The zero-order valence-corrected chi connectivity index (χ0v) is 17.4. The third-order valence-corrected chi connectivity index (χ3v) is 6.66. The Bertz CT molecular complexity index is 869. The maximum atomic E-state index is 12.8. The standard InChI is InChI=1S/C19H20Cl2N4O2S/c20-12-3-4-13(14(21)10-12)18(26)24-5-7-25(8-6-24)19(27)16-11-15(22-23-16)17-2-1-9-28-17/h1-4,9-10,15-16,22-23H,5-8,11H2. The lowest BCUT2D eigenvalue weighted by Gasteiger charge is -2.36. The molecule has 1 aromatic carbocycles. The number of rotatable bonds is 3. The van der Waals surface area contributed by atoms with Crippen molar-refractivity contribution in [3.63, 3.8) is 0 Å². The Morgan fingerprint density at radius 2 is 1.79 bits per heavy atom. The minimum absolute atomic E-state index is 0.0724. The van der Waals surface area contributed by atoms with Crippen molar-refractivity contribution in [3.8, 4) is 0 Å². The lowest BCUT2D eigenvalue weighted by molar-refractivity contribution is -0.134. The molecular weight excluding hydrogens is 419 g/mol. The summed E-state index contributed by atoms with van der Waals surface area (Å²) >= 11 is 13.7. The molecule has 2 N–H and O–H groups in total. The molecule has 0 saturated carbocycles. The van der Waals surface area contributed by atoms with E-state index in [1.165, 1.54) is 4.88 Å². The van der Waals surface area contributed by atoms with E-state index in [0.29, 0.717) is 41.8 Å². The summed E-state index contributed by atoms with van der Waals surface area (Å²) in [5, 5.41) is 2.88. The van der Waals surface area contributed by atoms with Crippen LogP contribution in [0.5, 0.6) is 0 Å². The number of carbonyl (C=O) groups excluding carboxylic acids is 2. The lowest BCUT2D eigenvalue weighted by atomic mass is 10.1. The van der Waals surface area contributed by atoms with E-state index in [0.717, 1.165) is 6.42 Å². The summed E-state index contributed by atoms with van der Waals surface area (Å²) < 4.78 is 0.